The number of hydrogen-bond donors (Lipinski definition) is 0. The second kappa shape index (κ2) is 3.70. The van der Waals surface area contributed by atoms with E-state index in [1.165, 1.54) is 5.56 Å². The monoisotopic (exact) mass is 223 g/mol. The molecule has 0 saturated carbocycles. The van der Waals surface area contributed by atoms with Gasteiger partial charge >= 0.3 is 0 Å². The topological polar surface area (TPSA) is 30.7 Å². The molecule has 17 heavy (non-hydrogen) atoms. The van der Waals surface area contributed by atoms with Gasteiger partial charge in [-0.1, -0.05) is 29.8 Å². The van der Waals surface area contributed by atoms with E-state index < -0.39 is 0 Å². The van der Waals surface area contributed by atoms with Crippen LogP contribution in [0.15, 0.2) is 42.7 Å². The molecule has 3 nitrogen and oxygen atoms in total. The van der Waals surface area contributed by atoms with Crippen molar-refractivity contribution in [3.63, 3.8) is 0 Å². The number of pyridine rings is 1. The largest absolute Gasteiger partial charge is 0.327 e. The third kappa shape index (κ3) is 1.60. The molecule has 0 fully saturated rings. The maximum atomic E-state index is 4.61. The van der Waals surface area contributed by atoms with Gasteiger partial charge in [0.25, 0.3) is 0 Å². The van der Waals surface area contributed by atoms with Crippen molar-refractivity contribution in [2.75, 3.05) is 0 Å². The second-order valence-corrected chi connectivity index (χ2v) is 4.22. The molecule has 0 radical (unpaired) electrons. The van der Waals surface area contributed by atoms with Gasteiger partial charge in [-0.3, -0.25) is 4.98 Å². The summed E-state index contributed by atoms with van der Waals surface area (Å²) in [4.78, 5) is 8.71. The lowest BCUT2D eigenvalue weighted by Gasteiger charge is -2.02. The van der Waals surface area contributed by atoms with E-state index in [1.54, 1.807) is 12.4 Å². The zero-order chi connectivity index (χ0) is 11.8. The maximum Gasteiger partial charge on any atom is 0.140 e. The highest BCUT2D eigenvalue weighted by molar-refractivity contribution is 5.79. The van der Waals surface area contributed by atoms with Gasteiger partial charge in [-0.05, 0) is 13.0 Å². The minimum atomic E-state index is 0.936. The summed E-state index contributed by atoms with van der Waals surface area (Å²) in [6.45, 7) is 2.09. The number of nitrogens with zero attached hydrogens (tertiary/aromatic N) is 3. The Labute approximate surface area is 99.8 Å². The fraction of sp³-hybridized carbons (Fsp3) is 0.143. The summed E-state index contributed by atoms with van der Waals surface area (Å²) in [5.74, 6) is 0.980. The first kappa shape index (κ1) is 10.0. The molecule has 3 aromatic rings. The summed E-state index contributed by atoms with van der Waals surface area (Å²) in [7, 11) is 2.03. The van der Waals surface area contributed by atoms with Crippen molar-refractivity contribution in [3.8, 4) is 11.4 Å². The SMILES string of the molecule is Cc1ccc(-c2nc3cnccc3n2C)cc1. The summed E-state index contributed by atoms with van der Waals surface area (Å²) in [6, 6.07) is 10.4. The fourth-order valence-electron chi connectivity index (χ4n) is 2.01. The number of benzene rings is 1. The average Bonchev–Trinajstić information content (AvgIpc) is 2.69. The van der Waals surface area contributed by atoms with E-state index in [0.717, 1.165) is 22.4 Å². The van der Waals surface area contributed by atoms with Crippen LogP contribution >= 0.6 is 0 Å². The van der Waals surface area contributed by atoms with Gasteiger partial charge in [-0.25, -0.2) is 4.98 Å². The summed E-state index contributed by atoms with van der Waals surface area (Å²) in [6.07, 6.45) is 3.59. The summed E-state index contributed by atoms with van der Waals surface area (Å²) < 4.78 is 2.10. The molecule has 84 valence electrons. The average molecular weight is 223 g/mol. The highest BCUT2D eigenvalue weighted by atomic mass is 15.1. The zero-order valence-corrected chi connectivity index (χ0v) is 9.88. The third-order valence-electron chi connectivity index (χ3n) is 2.99. The number of hydrogen-bond acceptors (Lipinski definition) is 2. The third-order valence-corrected chi connectivity index (χ3v) is 2.99. The van der Waals surface area contributed by atoms with E-state index in [0.29, 0.717) is 0 Å². The number of fused-ring (bicyclic) bond motifs is 1. The van der Waals surface area contributed by atoms with Crippen LogP contribution in [-0.4, -0.2) is 14.5 Å². The van der Waals surface area contributed by atoms with Gasteiger partial charge in [0, 0.05) is 18.8 Å². The molecule has 0 amide bonds. The molecule has 2 aromatic heterocycles. The fourth-order valence-corrected chi connectivity index (χ4v) is 2.01. The first-order valence-corrected chi connectivity index (χ1v) is 5.59. The van der Waals surface area contributed by atoms with Crippen molar-refractivity contribution in [2.24, 2.45) is 7.05 Å². The quantitative estimate of drug-likeness (QED) is 0.635. The number of aromatic nitrogens is 3. The van der Waals surface area contributed by atoms with Crippen LogP contribution in [0, 0.1) is 6.92 Å². The van der Waals surface area contributed by atoms with Gasteiger partial charge in [0.05, 0.1) is 11.7 Å². The van der Waals surface area contributed by atoms with Gasteiger partial charge in [-0.15, -0.1) is 0 Å². The van der Waals surface area contributed by atoms with Gasteiger partial charge in [0.1, 0.15) is 11.3 Å². The van der Waals surface area contributed by atoms with E-state index in [4.69, 9.17) is 0 Å². The molecule has 0 aliphatic rings. The van der Waals surface area contributed by atoms with Gasteiger partial charge < -0.3 is 4.57 Å². The molecule has 0 N–H and O–H groups in total. The number of imidazole rings is 1. The molecule has 3 heteroatoms. The maximum absolute atomic E-state index is 4.61. The first-order chi connectivity index (χ1) is 8.25. The van der Waals surface area contributed by atoms with Crippen LogP contribution in [0.5, 0.6) is 0 Å². The van der Waals surface area contributed by atoms with Crippen LogP contribution in [0.2, 0.25) is 0 Å². The molecular weight excluding hydrogens is 210 g/mol. The standard InChI is InChI=1S/C14H13N3/c1-10-3-5-11(6-4-10)14-16-12-9-15-8-7-13(12)17(14)2/h3-9H,1-2H3. The van der Waals surface area contributed by atoms with Crippen molar-refractivity contribution in [3.05, 3.63) is 48.3 Å². The van der Waals surface area contributed by atoms with Crippen LogP contribution in [0.4, 0.5) is 0 Å². The molecule has 0 spiro atoms. The summed E-state index contributed by atoms with van der Waals surface area (Å²) in [5.41, 5.74) is 4.43. The van der Waals surface area contributed by atoms with Crippen molar-refractivity contribution in [1.29, 1.82) is 0 Å². The zero-order valence-electron chi connectivity index (χ0n) is 9.88. The summed E-state index contributed by atoms with van der Waals surface area (Å²) in [5, 5.41) is 0. The van der Waals surface area contributed by atoms with Crippen molar-refractivity contribution in [1.82, 2.24) is 14.5 Å². The molecule has 0 bridgehead atoms. The number of rotatable bonds is 1. The Kier molecular flexibility index (Phi) is 2.18. The first-order valence-electron chi connectivity index (χ1n) is 5.59. The van der Waals surface area contributed by atoms with Crippen LogP contribution in [0.25, 0.3) is 22.4 Å². The lowest BCUT2D eigenvalue weighted by molar-refractivity contribution is 0.959. The molecule has 2 heterocycles. The molecule has 0 unspecified atom stereocenters. The van der Waals surface area contributed by atoms with Crippen LogP contribution in [-0.2, 0) is 7.05 Å². The van der Waals surface area contributed by atoms with Gasteiger partial charge in [0.2, 0.25) is 0 Å². The van der Waals surface area contributed by atoms with E-state index in [9.17, 15) is 0 Å². The second-order valence-electron chi connectivity index (χ2n) is 4.22. The van der Waals surface area contributed by atoms with Crippen LogP contribution in [0.3, 0.4) is 0 Å². The molecule has 1 aromatic carbocycles. The van der Waals surface area contributed by atoms with Crippen molar-refractivity contribution < 1.29 is 0 Å². The Hall–Kier alpha value is -2.16. The minimum Gasteiger partial charge on any atom is -0.327 e. The lowest BCUT2D eigenvalue weighted by atomic mass is 10.1. The molecule has 0 aliphatic carbocycles. The van der Waals surface area contributed by atoms with Gasteiger partial charge in [0.15, 0.2) is 0 Å². The van der Waals surface area contributed by atoms with E-state index in [-0.39, 0.29) is 0 Å². The molecule has 0 saturated heterocycles. The van der Waals surface area contributed by atoms with Crippen molar-refractivity contribution >= 4 is 11.0 Å². The lowest BCUT2D eigenvalue weighted by Crippen LogP contribution is -1.92. The normalized spacial score (nSPS) is 10.9. The van der Waals surface area contributed by atoms with Crippen LogP contribution < -0.4 is 0 Å². The predicted octanol–water partition coefficient (Wildman–Crippen LogP) is 2.94. The Balaban J connectivity index is 2.24. The highest BCUT2D eigenvalue weighted by Crippen LogP contribution is 2.22. The molecule has 3 rings (SSSR count). The predicted molar refractivity (Wildman–Crippen MR) is 68.7 cm³/mol. The minimum absolute atomic E-state index is 0.936. The Morgan fingerprint density at radius 2 is 1.82 bits per heavy atom. The molecule has 0 atom stereocenters. The van der Waals surface area contributed by atoms with Crippen LogP contribution in [0.1, 0.15) is 5.56 Å². The Morgan fingerprint density at radius 1 is 1.06 bits per heavy atom. The Morgan fingerprint density at radius 3 is 2.53 bits per heavy atom. The van der Waals surface area contributed by atoms with E-state index >= 15 is 0 Å². The smallest absolute Gasteiger partial charge is 0.140 e. The molecule has 0 aliphatic heterocycles. The molecular formula is C14H13N3. The van der Waals surface area contributed by atoms with Crippen molar-refractivity contribution in [2.45, 2.75) is 6.92 Å². The number of aryl methyl sites for hydroxylation is 2. The summed E-state index contributed by atoms with van der Waals surface area (Å²) >= 11 is 0. The Bertz CT molecular complexity index is 666. The van der Waals surface area contributed by atoms with E-state index in [1.807, 2.05) is 13.1 Å². The van der Waals surface area contributed by atoms with E-state index in [2.05, 4.69) is 45.7 Å². The highest BCUT2D eigenvalue weighted by Gasteiger charge is 2.08. The van der Waals surface area contributed by atoms with Gasteiger partial charge in [-0.2, -0.15) is 0 Å².